The van der Waals surface area contributed by atoms with Crippen molar-refractivity contribution in [3.05, 3.63) is 58.3 Å². The monoisotopic (exact) mass is 478 g/mol. The first-order valence-electron chi connectivity index (χ1n) is 9.81. The average Bonchev–Trinajstić information content (AvgIpc) is 3.53. The van der Waals surface area contributed by atoms with E-state index in [1.807, 2.05) is 12.1 Å². The van der Waals surface area contributed by atoms with E-state index in [2.05, 4.69) is 26.6 Å². The van der Waals surface area contributed by atoms with Crippen LogP contribution in [0.4, 0.5) is 4.39 Å². The van der Waals surface area contributed by atoms with Crippen molar-refractivity contribution >= 4 is 27.7 Å². The van der Waals surface area contributed by atoms with Gasteiger partial charge in [-0.2, -0.15) is 0 Å². The molecule has 1 unspecified atom stereocenters. The van der Waals surface area contributed by atoms with Gasteiger partial charge in [-0.15, -0.1) is 0 Å². The molecule has 2 aromatic rings. The van der Waals surface area contributed by atoms with E-state index in [0.717, 1.165) is 18.4 Å². The summed E-state index contributed by atoms with van der Waals surface area (Å²) in [4.78, 5) is 23.9. The Kier molecular flexibility index (Phi) is 7.68. The maximum absolute atomic E-state index is 13.1. The molecule has 1 atom stereocenters. The molecule has 8 heteroatoms. The van der Waals surface area contributed by atoms with Gasteiger partial charge in [0, 0.05) is 12.6 Å². The first-order valence-corrected chi connectivity index (χ1v) is 10.6. The fourth-order valence-electron chi connectivity index (χ4n) is 2.69. The molecule has 0 heterocycles. The van der Waals surface area contributed by atoms with Gasteiger partial charge in [-0.25, -0.2) is 4.39 Å². The van der Waals surface area contributed by atoms with Crippen LogP contribution in [-0.4, -0.2) is 37.1 Å². The largest absolute Gasteiger partial charge is 0.484 e. The topological polar surface area (TPSA) is 76.7 Å². The molecule has 160 valence electrons. The van der Waals surface area contributed by atoms with Crippen LogP contribution in [0.25, 0.3) is 0 Å². The lowest BCUT2D eigenvalue weighted by Crippen LogP contribution is -2.37. The van der Waals surface area contributed by atoms with Crippen LogP contribution in [0.15, 0.2) is 46.9 Å². The minimum Gasteiger partial charge on any atom is -0.484 e. The summed E-state index contributed by atoms with van der Waals surface area (Å²) in [6.07, 6.45) is 2.02. The normalized spacial score (nSPS) is 14.0. The van der Waals surface area contributed by atoms with E-state index in [9.17, 15) is 14.0 Å². The Balaban J connectivity index is 1.37. The molecule has 1 fully saturated rings. The van der Waals surface area contributed by atoms with Crippen molar-refractivity contribution in [2.24, 2.45) is 0 Å². The van der Waals surface area contributed by atoms with E-state index < -0.39 is 6.10 Å². The number of hydrogen-bond acceptors (Lipinski definition) is 4. The second-order valence-electron chi connectivity index (χ2n) is 7.15. The zero-order valence-electron chi connectivity index (χ0n) is 16.6. The standard InChI is InChI=1S/C22H24BrFN2O4/c1-14(30-20-9-4-16(24)12-19(20)23)22(28)25-11-10-15-2-7-18(8-3-15)29-13-21(27)26-17-5-6-17/h2-4,7-9,12,14,17H,5-6,10-11,13H2,1H3,(H,25,28)(H,26,27). The maximum atomic E-state index is 13.1. The van der Waals surface area contributed by atoms with Crippen LogP contribution in [0.5, 0.6) is 11.5 Å². The van der Waals surface area contributed by atoms with E-state index in [-0.39, 0.29) is 24.2 Å². The van der Waals surface area contributed by atoms with E-state index in [1.54, 1.807) is 19.1 Å². The molecule has 6 nitrogen and oxygen atoms in total. The van der Waals surface area contributed by atoms with Crippen LogP contribution < -0.4 is 20.1 Å². The Bertz CT molecular complexity index is 887. The predicted octanol–water partition coefficient (Wildman–Crippen LogP) is 3.37. The summed E-state index contributed by atoms with van der Waals surface area (Å²) in [5.41, 5.74) is 1.03. The smallest absolute Gasteiger partial charge is 0.260 e. The molecular weight excluding hydrogens is 455 g/mol. The molecule has 0 saturated heterocycles. The Morgan fingerprint density at radius 1 is 1.20 bits per heavy atom. The zero-order chi connectivity index (χ0) is 21.5. The lowest BCUT2D eigenvalue weighted by molar-refractivity contribution is -0.127. The van der Waals surface area contributed by atoms with Crippen molar-refractivity contribution in [3.63, 3.8) is 0 Å². The highest BCUT2D eigenvalue weighted by atomic mass is 79.9. The molecule has 0 aliphatic heterocycles. The lowest BCUT2D eigenvalue weighted by atomic mass is 10.1. The third-order valence-corrected chi connectivity index (χ3v) is 5.14. The van der Waals surface area contributed by atoms with Crippen molar-refractivity contribution < 1.29 is 23.5 Å². The molecular formula is C22H24BrFN2O4. The fraction of sp³-hybridized carbons (Fsp3) is 0.364. The number of carbonyl (C=O) groups excluding carboxylic acids is 2. The third kappa shape index (κ3) is 7.02. The highest BCUT2D eigenvalue weighted by molar-refractivity contribution is 9.10. The van der Waals surface area contributed by atoms with Crippen LogP contribution in [0.1, 0.15) is 25.3 Å². The van der Waals surface area contributed by atoms with Crippen LogP contribution in [0.3, 0.4) is 0 Å². The quantitative estimate of drug-likeness (QED) is 0.548. The van der Waals surface area contributed by atoms with Crippen molar-refractivity contribution in [1.82, 2.24) is 10.6 Å². The lowest BCUT2D eigenvalue weighted by Gasteiger charge is -2.16. The number of amides is 2. The molecule has 2 aromatic carbocycles. The summed E-state index contributed by atoms with van der Waals surface area (Å²) in [5.74, 6) is 0.284. The fourth-order valence-corrected chi connectivity index (χ4v) is 3.13. The van der Waals surface area contributed by atoms with E-state index >= 15 is 0 Å². The van der Waals surface area contributed by atoms with Crippen LogP contribution in [0, 0.1) is 5.82 Å². The summed E-state index contributed by atoms with van der Waals surface area (Å²) in [5, 5.41) is 5.69. The molecule has 30 heavy (non-hydrogen) atoms. The van der Waals surface area contributed by atoms with E-state index in [1.165, 1.54) is 18.2 Å². The highest BCUT2D eigenvalue weighted by Crippen LogP contribution is 2.26. The van der Waals surface area contributed by atoms with Gasteiger partial charge in [-0.1, -0.05) is 12.1 Å². The molecule has 0 aromatic heterocycles. The molecule has 1 aliphatic rings. The third-order valence-electron chi connectivity index (χ3n) is 4.52. The first kappa shape index (κ1) is 22.1. The van der Waals surface area contributed by atoms with Crippen molar-refractivity contribution in [2.45, 2.75) is 38.3 Å². The Labute approximate surface area is 183 Å². The molecule has 0 radical (unpaired) electrons. The minimum atomic E-state index is -0.718. The Morgan fingerprint density at radius 2 is 1.93 bits per heavy atom. The summed E-state index contributed by atoms with van der Waals surface area (Å²) in [6.45, 7) is 2.09. The zero-order valence-corrected chi connectivity index (χ0v) is 18.2. The predicted molar refractivity (Wildman–Crippen MR) is 114 cm³/mol. The Hall–Kier alpha value is -2.61. The molecule has 1 aliphatic carbocycles. The maximum Gasteiger partial charge on any atom is 0.260 e. The van der Waals surface area contributed by atoms with E-state index in [0.29, 0.717) is 35.0 Å². The van der Waals surface area contributed by atoms with Crippen LogP contribution in [-0.2, 0) is 16.0 Å². The minimum absolute atomic E-state index is 0.00790. The molecule has 2 N–H and O–H groups in total. The van der Waals surface area contributed by atoms with Crippen molar-refractivity contribution in [1.29, 1.82) is 0 Å². The highest BCUT2D eigenvalue weighted by Gasteiger charge is 2.23. The molecule has 2 amide bonds. The van der Waals surface area contributed by atoms with Crippen LogP contribution in [0.2, 0.25) is 0 Å². The number of hydrogen-bond donors (Lipinski definition) is 2. The number of nitrogens with one attached hydrogen (secondary N) is 2. The number of ether oxygens (including phenoxy) is 2. The Morgan fingerprint density at radius 3 is 2.60 bits per heavy atom. The number of halogens is 2. The summed E-state index contributed by atoms with van der Waals surface area (Å²) < 4.78 is 24.6. The second kappa shape index (κ2) is 10.4. The summed E-state index contributed by atoms with van der Waals surface area (Å²) >= 11 is 3.22. The van der Waals surface area contributed by atoms with Crippen molar-refractivity contribution in [2.75, 3.05) is 13.2 Å². The second-order valence-corrected chi connectivity index (χ2v) is 8.00. The van der Waals surface area contributed by atoms with Gasteiger partial charge in [0.1, 0.15) is 17.3 Å². The van der Waals surface area contributed by atoms with Gasteiger partial charge in [-0.05, 0) is 78.0 Å². The van der Waals surface area contributed by atoms with Gasteiger partial charge in [0.25, 0.3) is 11.8 Å². The van der Waals surface area contributed by atoms with Crippen LogP contribution >= 0.6 is 15.9 Å². The van der Waals surface area contributed by atoms with Crippen molar-refractivity contribution in [3.8, 4) is 11.5 Å². The number of carbonyl (C=O) groups is 2. The summed E-state index contributed by atoms with van der Waals surface area (Å²) in [7, 11) is 0. The van der Waals surface area contributed by atoms with Gasteiger partial charge in [-0.3, -0.25) is 9.59 Å². The molecule has 0 bridgehead atoms. The number of rotatable bonds is 10. The van der Waals surface area contributed by atoms with Gasteiger partial charge in [0.05, 0.1) is 4.47 Å². The first-order chi connectivity index (χ1) is 14.4. The van der Waals surface area contributed by atoms with Gasteiger partial charge >= 0.3 is 0 Å². The number of benzene rings is 2. The van der Waals surface area contributed by atoms with E-state index in [4.69, 9.17) is 9.47 Å². The molecule has 0 spiro atoms. The molecule has 3 rings (SSSR count). The SMILES string of the molecule is CC(Oc1ccc(F)cc1Br)C(=O)NCCc1ccc(OCC(=O)NC2CC2)cc1. The van der Waals surface area contributed by atoms with Gasteiger partial charge in [0.15, 0.2) is 12.7 Å². The van der Waals surface area contributed by atoms with Gasteiger partial charge < -0.3 is 20.1 Å². The summed E-state index contributed by atoms with van der Waals surface area (Å²) in [6, 6.07) is 11.8. The average molecular weight is 479 g/mol. The van der Waals surface area contributed by atoms with Gasteiger partial charge in [0.2, 0.25) is 0 Å². The molecule has 1 saturated carbocycles.